The van der Waals surface area contributed by atoms with E-state index < -0.39 is 34.1 Å². The van der Waals surface area contributed by atoms with Gasteiger partial charge in [-0.3, -0.25) is 4.57 Å². The van der Waals surface area contributed by atoms with Crippen LogP contribution >= 0.6 is 11.8 Å². The first-order valence-electron chi connectivity index (χ1n) is 5.31. The first-order chi connectivity index (χ1) is 9.70. The monoisotopic (exact) mass is 320 g/mol. The maximum absolute atomic E-state index is 12.6. The van der Waals surface area contributed by atoms with Gasteiger partial charge in [-0.05, 0) is 23.9 Å². The number of carboxylic acids is 1. The maximum atomic E-state index is 12.6. The van der Waals surface area contributed by atoms with Gasteiger partial charge >= 0.3 is 17.8 Å². The highest BCUT2D eigenvalue weighted by Gasteiger charge is 2.33. The van der Waals surface area contributed by atoms with Crippen LogP contribution in [0.5, 0.6) is 0 Å². The lowest BCUT2D eigenvalue weighted by molar-refractivity contribution is -0.141. The molecule has 2 N–H and O–H groups in total. The highest BCUT2D eigenvalue weighted by atomic mass is 32.2. The molecule has 2 rings (SSSR count). The molecule has 21 heavy (non-hydrogen) atoms. The van der Waals surface area contributed by atoms with E-state index in [4.69, 9.17) is 5.11 Å². The maximum Gasteiger partial charge on any atom is 0.433 e. The molecule has 0 atom stereocenters. The smallest absolute Gasteiger partial charge is 0.433 e. The first kappa shape index (κ1) is 15.1. The molecule has 0 bridgehead atoms. The summed E-state index contributed by atoms with van der Waals surface area (Å²) in [5.41, 5.74) is -2.22. The number of rotatable bonds is 3. The fraction of sp³-hybridized carbons (Fsp3) is 0.200. The molecule has 2 aromatic heterocycles. The summed E-state index contributed by atoms with van der Waals surface area (Å²) in [6, 6.07) is 1.39. The van der Waals surface area contributed by atoms with Crippen molar-refractivity contribution >= 4 is 17.7 Å². The molecule has 0 aromatic carbocycles. The Balaban J connectivity index is 2.51. The number of carbonyl (C=O) groups is 1. The van der Waals surface area contributed by atoms with Crippen molar-refractivity contribution in [1.29, 1.82) is 0 Å². The van der Waals surface area contributed by atoms with Crippen molar-refractivity contribution in [3.05, 3.63) is 33.9 Å². The average Bonchev–Trinajstić information content (AvgIpc) is 2.69. The summed E-state index contributed by atoms with van der Waals surface area (Å²) in [4.78, 5) is 25.5. The van der Waals surface area contributed by atoms with Crippen LogP contribution in [0.1, 0.15) is 16.1 Å². The fourth-order valence-corrected chi connectivity index (χ4v) is 2.24. The third-order valence-electron chi connectivity index (χ3n) is 2.41. The van der Waals surface area contributed by atoms with Gasteiger partial charge in [-0.1, -0.05) is 0 Å². The van der Waals surface area contributed by atoms with Gasteiger partial charge in [0.1, 0.15) is 10.7 Å². The zero-order valence-corrected chi connectivity index (χ0v) is 11.1. The van der Waals surface area contributed by atoms with Crippen molar-refractivity contribution < 1.29 is 23.1 Å². The second-order valence-electron chi connectivity index (χ2n) is 3.82. The van der Waals surface area contributed by atoms with Gasteiger partial charge in [0.15, 0.2) is 5.16 Å². The minimum absolute atomic E-state index is 0.00526. The van der Waals surface area contributed by atoms with E-state index in [1.54, 1.807) is 0 Å². The standard InChI is InChI=1S/C10H7F3N4O3S/c1-17-8(20)15-16-9(17)21-6-4(7(18)19)2-3-5(14-6)10(11,12)13/h2-3H,1H3,(H,15,20)(H,18,19). The number of halogens is 3. The predicted octanol–water partition coefficient (Wildman–Crippen LogP) is 1.37. The van der Waals surface area contributed by atoms with Crippen LogP contribution in [0.4, 0.5) is 13.2 Å². The van der Waals surface area contributed by atoms with Gasteiger partial charge in [0.25, 0.3) is 0 Å². The Bertz CT molecular complexity index is 753. The SMILES string of the molecule is Cn1c(Sc2nc(C(F)(F)F)ccc2C(=O)O)n[nH]c1=O. The molecule has 11 heteroatoms. The Morgan fingerprint density at radius 1 is 1.43 bits per heavy atom. The summed E-state index contributed by atoms with van der Waals surface area (Å²) in [7, 11) is 1.34. The lowest BCUT2D eigenvalue weighted by Gasteiger charge is -2.09. The highest BCUT2D eigenvalue weighted by Crippen LogP contribution is 2.32. The summed E-state index contributed by atoms with van der Waals surface area (Å²) in [5.74, 6) is -1.43. The minimum atomic E-state index is -4.70. The van der Waals surface area contributed by atoms with E-state index in [1.807, 2.05) is 0 Å². The Morgan fingerprint density at radius 3 is 2.57 bits per heavy atom. The Hall–Kier alpha value is -2.30. The molecule has 7 nitrogen and oxygen atoms in total. The van der Waals surface area contributed by atoms with Crippen LogP contribution < -0.4 is 5.69 Å². The zero-order valence-electron chi connectivity index (χ0n) is 10.3. The molecule has 112 valence electrons. The van der Waals surface area contributed by atoms with E-state index in [0.717, 1.165) is 10.6 Å². The van der Waals surface area contributed by atoms with Crippen molar-refractivity contribution in [1.82, 2.24) is 19.7 Å². The molecule has 0 aliphatic carbocycles. The van der Waals surface area contributed by atoms with Crippen LogP contribution in [0, 0.1) is 0 Å². The van der Waals surface area contributed by atoms with E-state index in [1.165, 1.54) is 7.05 Å². The number of aromatic nitrogens is 4. The zero-order chi connectivity index (χ0) is 15.8. The van der Waals surface area contributed by atoms with Crippen LogP contribution in [0.15, 0.2) is 27.1 Å². The second-order valence-corrected chi connectivity index (χ2v) is 4.78. The van der Waals surface area contributed by atoms with Crippen LogP contribution in [0.25, 0.3) is 0 Å². The van der Waals surface area contributed by atoms with E-state index in [2.05, 4.69) is 15.2 Å². The van der Waals surface area contributed by atoms with Crippen molar-refractivity contribution in [2.75, 3.05) is 0 Å². The van der Waals surface area contributed by atoms with Gasteiger partial charge in [-0.15, -0.1) is 5.10 Å². The topological polar surface area (TPSA) is 101 Å². The number of hydrogen-bond donors (Lipinski definition) is 2. The lowest BCUT2D eigenvalue weighted by Crippen LogP contribution is -2.14. The summed E-state index contributed by atoms with van der Waals surface area (Å²) >= 11 is 0.549. The van der Waals surface area contributed by atoms with Gasteiger partial charge in [-0.2, -0.15) is 13.2 Å². The molecule has 0 aliphatic heterocycles. The quantitative estimate of drug-likeness (QED) is 0.886. The number of aromatic amines is 1. The number of H-pyrrole nitrogens is 1. The molecular weight excluding hydrogens is 313 g/mol. The van der Waals surface area contributed by atoms with Crippen LogP contribution in [0.3, 0.4) is 0 Å². The number of aromatic carboxylic acids is 1. The Labute approximate surface area is 118 Å². The van der Waals surface area contributed by atoms with Crippen molar-refractivity contribution in [2.24, 2.45) is 7.05 Å². The average molecular weight is 320 g/mol. The van der Waals surface area contributed by atoms with Gasteiger partial charge in [0.2, 0.25) is 0 Å². The lowest BCUT2D eigenvalue weighted by atomic mass is 10.2. The Morgan fingerprint density at radius 2 is 2.10 bits per heavy atom. The van der Waals surface area contributed by atoms with Crippen molar-refractivity contribution in [3.63, 3.8) is 0 Å². The van der Waals surface area contributed by atoms with E-state index in [-0.39, 0.29) is 5.16 Å². The molecule has 2 heterocycles. The molecule has 2 aromatic rings. The summed E-state index contributed by atoms with van der Waals surface area (Å²) in [6.07, 6.45) is -4.70. The number of carboxylic acid groups (broad SMARTS) is 1. The van der Waals surface area contributed by atoms with Gasteiger partial charge < -0.3 is 5.11 Å². The van der Waals surface area contributed by atoms with Gasteiger partial charge in [0.05, 0.1) is 5.56 Å². The molecule has 0 radical (unpaired) electrons. The van der Waals surface area contributed by atoms with Crippen LogP contribution in [-0.2, 0) is 13.2 Å². The molecule has 0 aliphatic rings. The molecule has 0 amide bonds. The second kappa shape index (κ2) is 5.24. The van der Waals surface area contributed by atoms with E-state index in [0.29, 0.717) is 17.8 Å². The number of nitrogens with one attached hydrogen (secondary N) is 1. The fourth-order valence-electron chi connectivity index (χ4n) is 1.35. The third kappa shape index (κ3) is 3.07. The number of pyridine rings is 1. The normalized spacial score (nSPS) is 11.6. The van der Waals surface area contributed by atoms with Crippen LogP contribution in [0.2, 0.25) is 0 Å². The number of nitrogens with zero attached hydrogens (tertiary/aromatic N) is 3. The molecule has 0 saturated heterocycles. The Kier molecular flexibility index (Phi) is 3.77. The third-order valence-corrected chi connectivity index (χ3v) is 3.46. The largest absolute Gasteiger partial charge is 0.478 e. The van der Waals surface area contributed by atoms with Gasteiger partial charge in [-0.25, -0.2) is 19.7 Å². The van der Waals surface area contributed by atoms with Gasteiger partial charge in [0, 0.05) is 7.05 Å². The highest BCUT2D eigenvalue weighted by molar-refractivity contribution is 7.99. The predicted molar refractivity (Wildman–Crippen MR) is 64.2 cm³/mol. The molecule has 0 unspecified atom stereocenters. The van der Waals surface area contributed by atoms with E-state index in [9.17, 15) is 22.8 Å². The number of hydrogen-bond acceptors (Lipinski definition) is 5. The summed E-state index contributed by atoms with van der Waals surface area (Å²) < 4.78 is 38.9. The first-order valence-corrected chi connectivity index (χ1v) is 6.12. The van der Waals surface area contributed by atoms with Crippen LogP contribution in [-0.4, -0.2) is 30.8 Å². The molecule has 0 spiro atoms. The van der Waals surface area contributed by atoms with Crippen molar-refractivity contribution in [3.8, 4) is 0 Å². The van der Waals surface area contributed by atoms with E-state index >= 15 is 0 Å². The molecular formula is C10H7F3N4O3S. The number of alkyl halides is 3. The molecule has 0 fully saturated rings. The summed E-state index contributed by atoms with van der Waals surface area (Å²) in [6.45, 7) is 0. The molecule has 0 saturated carbocycles. The van der Waals surface area contributed by atoms with Crippen molar-refractivity contribution in [2.45, 2.75) is 16.4 Å². The summed E-state index contributed by atoms with van der Waals surface area (Å²) in [5, 5.41) is 14.2. The minimum Gasteiger partial charge on any atom is -0.478 e.